The molecule has 0 aromatic heterocycles. The average molecular weight is 314 g/mol. The monoisotopic (exact) mass is 314 g/mol. The molecule has 0 bridgehead atoms. The van der Waals surface area contributed by atoms with Crippen molar-refractivity contribution in [3.63, 3.8) is 0 Å². The number of ether oxygens (including phenoxy) is 1. The van der Waals surface area contributed by atoms with Gasteiger partial charge >= 0.3 is 16.2 Å². The summed E-state index contributed by atoms with van der Waals surface area (Å²) < 4.78 is 33.8. The van der Waals surface area contributed by atoms with Crippen LogP contribution >= 0.6 is 0 Å². The molecule has 0 aliphatic carbocycles. The van der Waals surface area contributed by atoms with Crippen LogP contribution in [0.1, 0.15) is 24.2 Å². The van der Waals surface area contributed by atoms with Gasteiger partial charge in [-0.05, 0) is 32.0 Å². The van der Waals surface area contributed by atoms with Crippen LogP contribution in [-0.4, -0.2) is 49.1 Å². The number of anilines is 1. The molecule has 8 heteroatoms. The molecule has 116 valence electrons. The number of carboxylic acid groups (broad SMARTS) is 1. The second kappa shape index (κ2) is 5.63. The van der Waals surface area contributed by atoms with Crippen LogP contribution in [0.5, 0.6) is 0 Å². The van der Waals surface area contributed by atoms with Crippen LogP contribution in [0.15, 0.2) is 24.3 Å². The summed E-state index contributed by atoms with van der Waals surface area (Å²) in [5.74, 6) is -1.11. The first-order valence-corrected chi connectivity index (χ1v) is 7.89. The van der Waals surface area contributed by atoms with E-state index in [-0.39, 0.29) is 24.3 Å². The number of nitrogens with one attached hydrogen (secondary N) is 1. The number of benzene rings is 1. The summed E-state index contributed by atoms with van der Waals surface area (Å²) in [7, 11) is -3.74. The molecule has 0 amide bonds. The van der Waals surface area contributed by atoms with Gasteiger partial charge in [-0.2, -0.15) is 12.7 Å². The minimum atomic E-state index is -3.74. The zero-order valence-corrected chi connectivity index (χ0v) is 12.7. The molecular formula is C13H18N2O5S. The fraction of sp³-hybridized carbons (Fsp3) is 0.462. The highest BCUT2D eigenvalue weighted by Gasteiger charge is 2.34. The van der Waals surface area contributed by atoms with E-state index in [1.165, 1.54) is 28.6 Å². The van der Waals surface area contributed by atoms with E-state index in [2.05, 4.69) is 4.72 Å². The molecule has 2 rings (SSSR count). The second-order valence-corrected chi connectivity index (χ2v) is 7.11. The van der Waals surface area contributed by atoms with Gasteiger partial charge in [0.05, 0.1) is 23.5 Å². The Kier molecular flexibility index (Phi) is 4.22. The van der Waals surface area contributed by atoms with Gasteiger partial charge in [-0.15, -0.1) is 0 Å². The molecule has 0 radical (unpaired) electrons. The predicted molar refractivity (Wildman–Crippen MR) is 77.5 cm³/mol. The summed E-state index contributed by atoms with van der Waals surface area (Å²) in [5.41, 5.74) is -0.299. The van der Waals surface area contributed by atoms with Crippen LogP contribution in [0, 0.1) is 0 Å². The van der Waals surface area contributed by atoms with Crippen molar-refractivity contribution in [1.29, 1.82) is 0 Å². The van der Waals surface area contributed by atoms with Gasteiger partial charge in [-0.1, -0.05) is 6.07 Å². The highest BCUT2D eigenvalue weighted by Crippen LogP contribution is 2.21. The third-order valence-corrected chi connectivity index (χ3v) is 4.57. The van der Waals surface area contributed by atoms with Crippen LogP contribution in [-0.2, 0) is 14.9 Å². The Morgan fingerprint density at radius 3 is 2.76 bits per heavy atom. The second-order valence-electron chi connectivity index (χ2n) is 5.43. The van der Waals surface area contributed by atoms with Crippen molar-refractivity contribution in [2.45, 2.75) is 19.4 Å². The number of morpholine rings is 1. The molecule has 1 fully saturated rings. The minimum absolute atomic E-state index is 0.0255. The van der Waals surface area contributed by atoms with E-state index < -0.39 is 21.8 Å². The Morgan fingerprint density at radius 2 is 2.14 bits per heavy atom. The molecule has 0 atom stereocenters. The van der Waals surface area contributed by atoms with Crippen molar-refractivity contribution in [1.82, 2.24) is 4.31 Å². The summed E-state index contributed by atoms with van der Waals surface area (Å²) in [6.07, 6.45) is 0. The Morgan fingerprint density at radius 1 is 1.43 bits per heavy atom. The number of nitrogens with zero attached hydrogens (tertiary/aromatic N) is 1. The molecule has 1 aliphatic heterocycles. The zero-order valence-electron chi connectivity index (χ0n) is 11.9. The van der Waals surface area contributed by atoms with E-state index in [1.54, 1.807) is 0 Å². The summed E-state index contributed by atoms with van der Waals surface area (Å²) in [6, 6.07) is 5.68. The Bertz CT molecular complexity index is 642. The number of aromatic carboxylic acids is 1. The number of rotatable bonds is 4. The Hall–Kier alpha value is -1.64. The zero-order chi connectivity index (χ0) is 15.7. The van der Waals surface area contributed by atoms with Crippen LogP contribution in [0.4, 0.5) is 5.69 Å². The quantitative estimate of drug-likeness (QED) is 0.869. The fourth-order valence-corrected chi connectivity index (χ4v) is 3.46. The smallest absolute Gasteiger partial charge is 0.335 e. The predicted octanol–water partition coefficient (Wildman–Crippen LogP) is 1.15. The Balaban J connectivity index is 2.17. The molecule has 7 nitrogen and oxygen atoms in total. The van der Waals surface area contributed by atoms with Crippen LogP contribution < -0.4 is 4.72 Å². The van der Waals surface area contributed by atoms with E-state index in [1.807, 2.05) is 13.8 Å². The van der Waals surface area contributed by atoms with Crippen molar-refractivity contribution >= 4 is 21.9 Å². The standard InChI is InChI=1S/C13H18N2O5S/c1-13(2)9-15(6-7-20-13)21(18,19)14-11-5-3-4-10(8-11)12(16)17/h3-5,8,14H,6-7,9H2,1-2H3,(H,16,17). The Labute approximate surface area is 123 Å². The first-order chi connectivity index (χ1) is 9.70. The molecule has 0 spiro atoms. The largest absolute Gasteiger partial charge is 0.478 e. The van der Waals surface area contributed by atoms with Gasteiger partial charge in [-0.3, -0.25) is 4.72 Å². The molecule has 2 N–H and O–H groups in total. The number of carbonyl (C=O) groups is 1. The molecule has 0 unspecified atom stereocenters. The molecule has 21 heavy (non-hydrogen) atoms. The first kappa shape index (κ1) is 15.7. The minimum Gasteiger partial charge on any atom is -0.478 e. The van der Waals surface area contributed by atoms with E-state index in [4.69, 9.17) is 9.84 Å². The number of hydrogen-bond donors (Lipinski definition) is 2. The SMILES string of the molecule is CC1(C)CN(S(=O)(=O)Nc2cccc(C(=O)O)c2)CCO1. The van der Waals surface area contributed by atoms with Crippen LogP contribution in [0.25, 0.3) is 0 Å². The van der Waals surface area contributed by atoms with Gasteiger partial charge < -0.3 is 9.84 Å². The van der Waals surface area contributed by atoms with E-state index >= 15 is 0 Å². The maximum absolute atomic E-state index is 12.3. The van der Waals surface area contributed by atoms with Gasteiger partial charge in [0.2, 0.25) is 0 Å². The lowest BCUT2D eigenvalue weighted by Gasteiger charge is -2.37. The number of carboxylic acids is 1. The average Bonchev–Trinajstić information content (AvgIpc) is 2.37. The van der Waals surface area contributed by atoms with Gasteiger partial charge in [-0.25, -0.2) is 4.79 Å². The highest BCUT2D eigenvalue weighted by atomic mass is 32.2. The number of hydrogen-bond acceptors (Lipinski definition) is 4. The molecule has 0 saturated carbocycles. The summed E-state index contributed by atoms with van der Waals surface area (Å²) in [6.45, 7) is 4.46. The van der Waals surface area contributed by atoms with E-state index in [9.17, 15) is 13.2 Å². The summed E-state index contributed by atoms with van der Waals surface area (Å²) in [5, 5.41) is 8.92. The lowest BCUT2D eigenvalue weighted by molar-refractivity contribution is -0.0638. The molecule has 1 aliphatic rings. The maximum atomic E-state index is 12.3. The van der Waals surface area contributed by atoms with Gasteiger partial charge in [0.1, 0.15) is 0 Å². The summed E-state index contributed by atoms with van der Waals surface area (Å²) >= 11 is 0. The molecule has 1 saturated heterocycles. The van der Waals surface area contributed by atoms with Crippen LogP contribution in [0.2, 0.25) is 0 Å². The van der Waals surface area contributed by atoms with Crippen molar-refractivity contribution < 1.29 is 23.1 Å². The highest BCUT2D eigenvalue weighted by molar-refractivity contribution is 7.90. The molecule has 1 aromatic rings. The third kappa shape index (κ3) is 3.93. The fourth-order valence-electron chi connectivity index (χ4n) is 2.11. The lowest BCUT2D eigenvalue weighted by atomic mass is 10.1. The van der Waals surface area contributed by atoms with Crippen molar-refractivity contribution in [2.75, 3.05) is 24.4 Å². The van der Waals surface area contributed by atoms with Crippen LogP contribution in [0.3, 0.4) is 0 Å². The summed E-state index contributed by atoms with van der Waals surface area (Å²) in [4.78, 5) is 10.9. The normalized spacial score (nSPS) is 19.1. The third-order valence-electron chi connectivity index (χ3n) is 3.09. The van der Waals surface area contributed by atoms with E-state index in [0.29, 0.717) is 6.61 Å². The van der Waals surface area contributed by atoms with Gasteiger partial charge in [0, 0.05) is 13.1 Å². The van der Waals surface area contributed by atoms with Gasteiger partial charge in [0.15, 0.2) is 0 Å². The van der Waals surface area contributed by atoms with E-state index in [0.717, 1.165) is 0 Å². The molecule has 1 aromatic carbocycles. The molecular weight excluding hydrogens is 296 g/mol. The molecule has 1 heterocycles. The maximum Gasteiger partial charge on any atom is 0.335 e. The topological polar surface area (TPSA) is 95.9 Å². The first-order valence-electron chi connectivity index (χ1n) is 6.45. The lowest BCUT2D eigenvalue weighted by Crippen LogP contribution is -2.52. The van der Waals surface area contributed by atoms with Gasteiger partial charge in [0.25, 0.3) is 0 Å². The van der Waals surface area contributed by atoms with Crippen molar-refractivity contribution in [2.24, 2.45) is 0 Å². The van der Waals surface area contributed by atoms with Crippen molar-refractivity contribution in [3.8, 4) is 0 Å². The van der Waals surface area contributed by atoms with Crippen molar-refractivity contribution in [3.05, 3.63) is 29.8 Å².